The van der Waals surface area contributed by atoms with Gasteiger partial charge in [-0.05, 0) is 18.2 Å². The number of hydrogen-bond donors (Lipinski definition) is 2. The molecule has 0 radical (unpaired) electrons. The fraction of sp³-hybridized carbons (Fsp3) is 0.353. The Hall–Kier alpha value is -2.67. The summed E-state index contributed by atoms with van der Waals surface area (Å²) in [4.78, 5) is 12.8. The molecule has 0 fully saturated rings. The lowest BCUT2D eigenvalue weighted by Gasteiger charge is -2.09. The summed E-state index contributed by atoms with van der Waals surface area (Å²) in [5.74, 6) is 0.942. The normalized spacial score (nSPS) is 11.3. The SMILES string of the molecule is COCCOc1ncccc1CN=C(N)NCCc1ccccn1. The standard InChI is InChI=1S/C17H23N5O2/c1-23-11-12-24-16-14(5-4-9-20-16)13-22-17(18)21-10-7-15-6-2-3-8-19-15/h2-6,8-9H,7,10-13H2,1H3,(H3,18,21,22). The number of nitrogens with two attached hydrogens (primary N) is 1. The van der Waals surface area contributed by atoms with Crippen molar-refractivity contribution in [1.82, 2.24) is 15.3 Å². The molecule has 0 aliphatic carbocycles. The number of nitrogens with zero attached hydrogens (tertiary/aromatic N) is 3. The molecule has 2 aromatic heterocycles. The Kier molecular flexibility index (Phi) is 7.49. The van der Waals surface area contributed by atoms with Crippen molar-refractivity contribution in [1.29, 1.82) is 0 Å². The van der Waals surface area contributed by atoms with Gasteiger partial charge in [0.1, 0.15) is 6.61 Å². The highest BCUT2D eigenvalue weighted by molar-refractivity contribution is 5.77. The van der Waals surface area contributed by atoms with Gasteiger partial charge < -0.3 is 20.5 Å². The molecule has 0 saturated heterocycles. The van der Waals surface area contributed by atoms with Crippen molar-refractivity contribution < 1.29 is 9.47 Å². The van der Waals surface area contributed by atoms with Crippen LogP contribution in [0.4, 0.5) is 0 Å². The fourth-order valence-electron chi connectivity index (χ4n) is 1.99. The highest BCUT2D eigenvalue weighted by atomic mass is 16.5. The average molecular weight is 329 g/mol. The molecular weight excluding hydrogens is 306 g/mol. The van der Waals surface area contributed by atoms with E-state index in [2.05, 4.69) is 20.3 Å². The Morgan fingerprint density at radius 1 is 1.17 bits per heavy atom. The molecule has 0 aromatic carbocycles. The summed E-state index contributed by atoms with van der Waals surface area (Å²) in [6.07, 6.45) is 4.25. The van der Waals surface area contributed by atoms with E-state index in [4.69, 9.17) is 15.2 Å². The quantitative estimate of drug-likeness (QED) is 0.407. The van der Waals surface area contributed by atoms with Crippen LogP contribution in [0.25, 0.3) is 0 Å². The predicted octanol–water partition coefficient (Wildman–Crippen LogP) is 1.15. The van der Waals surface area contributed by atoms with Crippen LogP contribution >= 0.6 is 0 Å². The number of nitrogens with one attached hydrogen (secondary N) is 1. The van der Waals surface area contributed by atoms with Crippen LogP contribution in [0.2, 0.25) is 0 Å². The predicted molar refractivity (Wildman–Crippen MR) is 92.9 cm³/mol. The first-order valence-electron chi connectivity index (χ1n) is 7.79. The molecule has 2 aromatic rings. The highest BCUT2D eigenvalue weighted by Gasteiger charge is 2.04. The zero-order valence-electron chi connectivity index (χ0n) is 13.8. The van der Waals surface area contributed by atoms with E-state index in [0.717, 1.165) is 17.7 Å². The second-order valence-corrected chi connectivity index (χ2v) is 5.01. The molecule has 0 unspecified atom stereocenters. The number of pyridine rings is 2. The third-order valence-electron chi connectivity index (χ3n) is 3.21. The van der Waals surface area contributed by atoms with Crippen LogP contribution in [0.5, 0.6) is 5.88 Å². The van der Waals surface area contributed by atoms with Gasteiger partial charge in [0.05, 0.1) is 13.2 Å². The van der Waals surface area contributed by atoms with Gasteiger partial charge in [-0.1, -0.05) is 12.1 Å². The van der Waals surface area contributed by atoms with Crippen molar-refractivity contribution in [3.8, 4) is 5.88 Å². The van der Waals surface area contributed by atoms with Crippen molar-refractivity contribution in [3.05, 3.63) is 54.0 Å². The van der Waals surface area contributed by atoms with Crippen molar-refractivity contribution in [2.45, 2.75) is 13.0 Å². The van der Waals surface area contributed by atoms with Gasteiger partial charge >= 0.3 is 0 Å². The first-order chi connectivity index (χ1) is 11.8. The van der Waals surface area contributed by atoms with Crippen LogP contribution < -0.4 is 15.8 Å². The summed E-state index contributed by atoms with van der Waals surface area (Å²) in [6, 6.07) is 9.60. The second kappa shape index (κ2) is 10.2. The maximum Gasteiger partial charge on any atom is 0.218 e. The maximum atomic E-state index is 5.89. The lowest BCUT2D eigenvalue weighted by molar-refractivity contribution is 0.143. The second-order valence-electron chi connectivity index (χ2n) is 5.01. The minimum Gasteiger partial charge on any atom is -0.475 e. The van der Waals surface area contributed by atoms with Crippen LogP contribution in [0.3, 0.4) is 0 Å². The molecule has 0 atom stereocenters. The Morgan fingerprint density at radius 2 is 2.04 bits per heavy atom. The van der Waals surface area contributed by atoms with E-state index in [1.54, 1.807) is 19.5 Å². The first-order valence-corrected chi connectivity index (χ1v) is 7.79. The summed E-state index contributed by atoms with van der Waals surface area (Å²) >= 11 is 0. The number of guanidine groups is 1. The lowest BCUT2D eigenvalue weighted by Crippen LogP contribution is -2.33. The molecule has 0 aliphatic heterocycles. The summed E-state index contributed by atoms with van der Waals surface area (Å²) in [7, 11) is 1.63. The molecular formula is C17H23N5O2. The molecule has 24 heavy (non-hydrogen) atoms. The van der Waals surface area contributed by atoms with E-state index in [-0.39, 0.29) is 0 Å². The van der Waals surface area contributed by atoms with Crippen LogP contribution in [0, 0.1) is 0 Å². The van der Waals surface area contributed by atoms with Gasteiger partial charge in [0.15, 0.2) is 5.96 Å². The third-order valence-corrected chi connectivity index (χ3v) is 3.21. The number of methoxy groups -OCH3 is 1. The van der Waals surface area contributed by atoms with E-state index in [0.29, 0.717) is 38.1 Å². The van der Waals surface area contributed by atoms with Crippen LogP contribution in [-0.2, 0) is 17.7 Å². The summed E-state index contributed by atoms with van der Waals surface area (Å²) < 4.78 is 10.5. The Balaban J connectivity index is 1.81. The van der Waals surface area contributed by atoms with Crippen molar-refractivity contribution in [2.24, 2.45) is 10.7 Å². The molecule has 2 heterocycles. The van der Waals surface area contributed by atoms with Crippen molar-refractivity contribution >= 4 is 5.96 Å². The van der Waals surface area contributed by atoms with Crippen LogP contribution in [0.1, 0.15) is 11.3 Å². The summed E-state index contributed by atoms with van der Waals surface area (Å²) in [5.41, 5.74) is 7.79. The molecule has 0 aliphatic rings. The number of ether oxygens (including phenoxy) is 2. The third kappa shape index (κ3) is 6.21. The summed E-state index contributed by atoms with van der Waals surface area (Å²) in [6.45, 7) is 2.04. The molecule has 0 spiro atoms. The average Bonchev–Trinajstić information content (AvgIpc) is 2.62. The van der Waals surface area contributed by atoms with Gasteiger partial charge in [-0.3, -0.25) is 4.98 Å². The Bertz CT molecular complexity index is 634. The lowest BCUT2D eigenvalue weighted by atomic mass is 10.2. The fourth-order valence-corrected chi connectivity index (χ4v) is 1.99. The van der Waals surface area contributed by atoms with E-state index in [9.17, 15) is 0 Å². The first kappa shape index (κ1) is 17.7. The highest BCUT2D eigenvalue weighted by Crippen LogP contribution is 2.15. The number of rotatable bonds is 9. The summed E-state index contributed by atoms with van der Waals surface area (Å²) in [5, 5.41) is 3.08. The number of aromatic nitrogens is 2. The van der Waals surface area contributed by atoms with Crippen molar-refractivity contribution in [3.63, 3.8) is 0 Å². The van der Waals surface area contributed by atoms with Crippen LogP contribution in [-0.4, -0.2) is 42.8 Å². The van der Waals surface area contributed by atoms with Gasteiger partial charge in [-0.2, -0.15) is 0 Å². The minimum atomic E-state index is 0.387. The van der Waals surface area contributed by atoms with Crippen LogP contribution in [0.15, 0.2) is 47.7 Å². The zero-order valence-corrected chi connectivity index (χ0v) is 13.8. The Morgan fingerprint density at radius 3 is 2.83 bits per heavy atom. The topological polar surface area (TPSA) is 94.7 Å². The molecule has 2 rings (SSSR count). The molecule has 0 bridgehead atoms. The smallest absolute Gasteiger partial charge is 0.218 e. The largest absolute Gasteiger partial charge is 0.475 e. The molecule has 7 heteroatoms. The molecule has 7 nitrogen and oxygen atoms in total. The molecule has 128 valence electrons. The van der Waals surface area contributed by atoms with E-state index in [1.807, 2.05) is 30.3 Å². The monoisotopic (exact) mass is 329 g/mol. The molecule has 0 saturated carbocycles. The van der Waals surface area contributed by atoms with E-state index in [1.165, 1.54) is 0 Å². The van der Waals surface area contributed by atoms with E-state index < -0.39 is 0 Å². The maximum absolute atomic E-state index is 5.89. The number of aliphatic imine (C=N–C) groups is 1. The van der Waals surface area contributed by atoms with Gasteiger partial charge in [0, 0.05) is 43.7 Å². The minimum absolute atomic E-state index is 0.387. The molecule has 0 amide bonds. The van der Waals surface area contributed by atoms with Gasteiger partial charge in [0.25, 0.3) is 0 Å². The van der Waals surface area contributed by atoms with E-state index >= 15 is 0 Å². The zero-order chi connectivity index (χ0) is 17.0. The van der Waals surface area contributed by atoms with Gasteiger partial charge in [0.2, 0.25) is 5.88 Å². The van der Waals surface area contributed by atoms with Crippen molar-refractivity contribution in [2.75, 3.05) is 26.9 Å². The van der Waals surface area contributed by atoms with Gasteiger partial charge in [-0.15, -0.1) is 0 Å². The van der Waals surface area contributed by atoms with Gasteiger partial charge in [-0.25, -0.2) is 9.98 Å². The Labute approximate surface area is 141 Å². The molecule has 3 N–H and O–H groups in total. The number of hydrogen-bond acceptors (Lipinski definition) is 5.